The van der Waals surface area contributed by atoms with Gasteiger partial charge in [-0.1, -0.05) is 42.0 Å². The molecule has 0 spiro atoms. The first-order valence-electron chi connectivity index (χ1n) is 9.36. The van der Waals surface area contributed by atoms with Crippen molar-refractivity contribution < 1.29 is 17.9 Å². The zero-order chi connectivity index (χ0) is 20.1. The Morgan fingerprint density at radius 3 is 2.39 bits per heavy atom. The van der Waals surface area contributed by atoms with Crippen molar-refractivity contribution in [3.05, 3.63) is 59.7 Å². The summed E-state index contributed by atoms with van der Waals surface area (Å²) in [6.45, 7) is 2.69. The molecule has 6 nitrogen and oxygen atoms in total. The van der Waals surface area contributed by atoms with Crippen molar-refractivity contribution in [1.82, 2.24) is 4.31 Å². The third-order valence-electron chi connectivity index (χ3n) is 5.05. The molecule has 1 fully saturated rings. The van der Waals surface area contributed by atoms with E-state index >= 15 is 0 Å². The quantitative estimate of drug-likeness (QED) is 0.805. The molecule has 1 amide bonds. The van der Waals surface area contributed by atoms with Crippen LogP contribution >= 0.6 is 0 Å². The van der Waals surface area contributed by atoms with Crippen molar-refractivity contribution in [2.75, 3.05) is 25.5 Å². The Hall–Kier alpha value is -2.38. The van der Waals surface area contributed by atoms with Crippen LogP contribution in [0, 0.1) is 12.8 Å². The maximum absolute atomic E-state index is 12.7. The molecule has 3 rings (SSSR count). The Balaban J connectivity index is 1.57. The summed E-state index contributed by atoms with van der Waals surface area (Å²) in [4.78, 5) is 12.6. The number of sulfonamides is 1. The number of para-hydroxylation sites is 2. The first-order valence-corrected chi connectivity index (χ1v) is 11.0. The lowest BCUT2D eigenvalue weighted by Crippen LogP contribution is -2.41. The van der Waals surface area contributed by atoms with Crippen molar-refractivity contribution >= 4 is 21.6 Å². The van der Waals surface area contributed by atoms with Gasteiger partial charge in [0, 0.05) is 19.0 Å². The number of hydrogen-bond donors (Lipinski definition) is 1. The molecular weight excluding hydrogens is 376 g/mol. The number of nitrogens with one attached hydrogen (secondary N) is 1. The standard InChI is InChI=1S/C21H26N2O4S/c1-16-7-9-17(10-8-16)15-28(25,26)23-13-11-18(12-14-23)21(24)22-19-5-3-4-6-20(19)27-2/h3-10,18H,11-15H2,1-2H3,(H,22,24). The van der Waals surface area contributed by atoms with E-state index < -0.39 is 10.0 Å². The number of benzene rings is 2. The predicted molar refractivity (Wildman–Crippen MR) is 110 cm³/mol. The molecule has 0 bridgehead atoms. The van der Waals surface area contributed by atoms with Gasteiger partial charge in [0.05, 0.1) is 18.6 Å². The SMILES string of the molecule is COc1ccccc1NC(=O)C1CCN(S(=O)(=O)Cc2ccc(C)cc2)CC1. The first kappa shape index (κ1) is 20.4. The highest BCUT2D eigenvalue weighted by Gasteiger charge is 2.31. The van der Waals surface area contributed by atoms with Crippen LogP contribution < -0.4 is 10.1 Å². The molecule has 0 aliphatic carbocycles. The molecule has 2 aromatic carbocycles. The van der Waals surface area contributed by atoms with E-state index in [9.17, 15) is 13.2 Å². The summed E-state index contributed by atoms with van der Waals surface area (Å²) in [6, 6.07) is 14.8. The van der Waals surface area contributed by atoms with Crippen LogP contribution in [0.5, 0.6) is 5.75 Å². The van der Waals surface area contributed by atoms with Gasteiger partial charge in [0.15, 0.2) is 0 Å². The highest BCUT2D eigenvalue weighted by Crippen LogP contribution is 2.27. The largest absolute Gasteiger partial charge is 0.495 e. The Morgan fingerprint density at radius 2 is 1.75 bits per heavy atom. The second-order valence-electron chi connectivity index (χ2n) is 7.10. The third kappa shape index (κ3) is 4.91. The molecule has 150 valence electrons. The molecule has 0 atom stereocenters. The average Bonchev–Trinajstić information content (AvgIpc) is 2.70. The van der Waals surface area contributed by atoms with Crippen LogP contribution in [-0.2, 0) is 20.6 Å². The van der Waals surface area contributed by atoms with Crippen molar-refractivity contribution in [3.8, 4) is 5.75 Å². The van der Waals surface area contributed by atoms with Gasteiger partial charge in [0.2, 0.25) is 15.9 Å². The molecule has 1 aliphatic heterocycles. The molecule has 28 heavy (non-hydrogen) atoms. The van der Waals surface area contributed by atoms with Gasteiger partial charge in [-0.05, 0) is 37.5 Å². The van der Waals surface area contributed by atoms with E-state index in [0.29, 0.717) is 37.4 Å². The number of ether oxygens (including phenoxy) is 1. The van der Waals surface area contributed by atoms with Crippen LogP contribution in [0.4, 0.5) is 5.69 Å². The maximum atomic E-state index is 12.7. The lowest BCUT2D eigenvalue weighted by atomic mass is 9.97. The second kappa shape index (κ2) is 8.75. The van der Waals surface area contributed by atoms with Crippen LogP contribution in [0.2, 0.25) is 0 Å². The summed E-state index contributed by atoms with van der Waals surface area (Å²) in [7, 11) is -1.83. The zero-order valence-electron chi connectivity index (χ0n) is 16.2. The highest BCUT2D eigenvalue weighted by atomic mass is 32.2. The Kier molecular flexibility index (Phi) is 6.36. The molecule has 1 N–H and O–H groups in total. The van der Waals surface area contributed by atoms with E-state index in [1.165, 1.54) is 4.31 Å². The second-order valence-corrected chi connectivity index (χ2v) is 9.07. The van der Waals surface area contributed by atoms with Crippen molar-refractivity contribution in [2.24, 2.45) is 5.92 Å². The summed E-state index contributed by atoms with van der Waals surface area (Å²) < 4.78 is 32.2. The van der Waals surface area contributed by atoms with Gasteiger partial charge >= 0.3 is 0 Å². The minimum atomic E-state index is -3.39. The van der Waals surface area contributed by atoms with E-state index in [-0.39, 0.29) is 17.6 Å². The lowest BCUT2D eigenvalue weighted by molar-refractivity contribution is -0.120. The number of carbonyl (C=O) groups excluding carboxylic acids is 1. The van der Waals surface area contributed by atoms with E-state index in [1.807, 2.05) is 43.3 Å². The van der Waals surface area contributed by atoms with E-state index in [4.69, 9.17) is 4.74 Å². The summed E-state index contributed by atoms with van der Waals surface area (Å²) >= 11 is 0. The molecule has 1 aliphatic rings. The van der Waals surface area contributed by atoms with E-state index in [2.05, 4.69) is 5.32 Å². The Morgan fingerprint density at radius 1 is 1.11 bits per heavy atom. The number of hydrogen-bond acceptors (Lipinski definition) is 4. The van der Waals surface area contributed by atoms with Crippen LogP contribution in [0.15, 0.2) is 48.5 Å². The molecule has 2 aromatic rings. The average molecular weight is 403 g/mol. The number of carbonyl (C=O) groups is 1. The number of rotatable bonds is 6. The number of aryl methyl sites for hydroxylation is 1. The Labute approximate surface area is 166 Å². The van der Waals surface area contributed by atoms with Crippen molar-refractivity contribution in [2.45, 2.75) is 25.5 Å². The molecule has 0 saturated carbocycles. The predicted octanol–water partition coefficient (Wildman–Crippen LogP) is 3.18. The zero-order valence-corrected chi connectivity index (χ0v) is 17.0. The maximum Gasteiger partial charge on any atom is 0.227 e. The summed E-state index contributed by atoms with van der Waals surface area (Å²) in [5.41, 5.74) is 2.51. The Bertz CT molecular complexity index is 918. The summed E-state index contributed by atoms with van der Waals surface area (Å²) in [6.07, 6.45) is 1.02. The minimum Gasteiger partial charge on any atom is -0.495 e. The number of amides is 1. The van der Waals surface area contributed by atoms with Crippen LogP contribution in [0.25, 0.3) is 0 Å². The van der Waals surface area contributed by atoms with Gasteiger partial charge in [0.1, 0.15) is 5.75 Å². The van der Waals surface area contributed by atoms with Gasteiger partial charge in [-0.15, -0.1) is 0 Å². The van der Waals surface area contributed by atoms with Gasteiger partial charge in [0.25, 0.3) is 0 Å². The van der Waals surface area contributed by atoms with Gasteiger partial charge in [-0.3, -0.25) is 4.79 Å². The van der Waals surface area contributed by atoms with Crippen LogP contribution in [0.3, 0.4) is 0 Å². The van der Waals surface area contributed by atoms with Gasteiger partial charge < -0.3 is 10.1 Å². The molecule has 1 saturated heterocycles. The summed E-state index contributed by atoms with van der Waals surface area (Å²) in [5, 5.41) is 2.90. The van der Waals surface area contributed by atoms with Gasteiger partial charge in [-0.2, -0.15) is 0 Å². The van der Waals surface area contributed by atoms with Gasteiger partial charge in [-0.25, -0.2) is 12.7 Å². The van der Waals surface area contributed by atoms with E-state index in [0.717, 1.165) is 11.1 Å². The fraction of sp³-hybridized carbons (Fsp3) is 0.381. The number of piperidine rings is 1. The fourth-order valence-electron chi connectivity index (χ4n) is 3.37. The van der Waals surface area contributed by atoms with Crippen LogP contribution in [0.1, 0.15) is 24.0 Å². The first-order chi connectivity index (χ1) is 13.4. The van der Waals surface area contributed by atoms with E-state index in [1.54, 1.807) is 19.2 Å². The van der Waals surface area contributed by atoms with Crippen molar-refractivity contribution in [1.29, 1.82) is 0 Å². The number of anilines is 1. The fourth-order valence-corrected chi connectivity index (χ4v) is 4.93. The monoisotopic (exact) mass is 402 g/mol. The third-order valence-corrected chi connectivity index (χ3v) is 6.90. The smallest absolute Gasteiger partial charge is 0.227 e. The number of nitrogens with zero attached hydrogens (tertiary/aromatic N) is 1. The summed E-state index contributed by atoms with van der Waals surface area (Å²) in [5.74, 6) is 0.288. The number of methoxy groups -OCH3 is 1. The molecule has 0 unspecified atom stereocenters. The molecule has 0 aromatic heterocycles. The lowest BCUT2D eigenvalue weighted by Gasteiger charge is -2.30. The molecule has 1 heterocycles. The molecular formula is C21H26N2O4S. The highest BCUT2D eigenvalue weighted by molar-refractivity contribution is 7.88. The topological polar surface area (TPSA) is 75.7 Å². The van der Waals surface area contributed by atoms with Crippen LogP contribution in [-0.4, -0.2) is 38.8 Å². The molecule has 0 radical (unpaired) electrons. The normalized spacial score (nSPS) is 15.9. The minimum absolute atomic E-state index is 0.00857. The van der Waals surface area contributed by atoms with Crippen molar-refractivity contribution in [3.63, 3.8) is 0 Å². The molecule has 7 heteroatoms.